The summed E-state index contributed by atoms with van der Waals surface area (Å²) < 4.78 is 10.5. The van der Waals surface area contributed by atoms with Crippen LogP contribution in [0, 0.1) is 0 Å². The Morgan fingerprint density at radius 1 is 1.04 bits per heavy atom. The molecule has 6 heteroatoms. The van der Waals surface area contributed by atoms with Gasteiger partial charge in [0.2, 0.25) is 0 Å². The Morgan fingerprint density at radius 3 is 2.56 bits per heavy atom. The van der Waals surface area contributed by atoms with Crippen LogP contribution in [0.15, 0.2) is 54.6 Å². The highest BCUT2D eigenvalue weighted by atomic mass is 16.6. The van der Waals surface area contributed by atoms with Gasteiger partial charge in [0.25, 0.3) is 0 Å². The molecule has 0 saturated carbocycles. The summed E-state index contributed by atoms with van der Waals surface area (Å²) in [4.78, 5) is 28.3. The summed E-state index contributed by atoms with van der Waals surface area (Å²) in [7, 11) is 1.40. The van der Waals surface area contributed by atoms with Crippen LogP contribution in [-0.4, -0.2) is 43.3 Å². The van der Waals surface area contributed by atoms with Crippen molar-refractivity contribution in [3.8, 4) is 0 Å². The van der Waals surface area contributed by atoms with Gasteiger partial charge in [0.05, 0.1) is 18.8 Å². The molecule has 0 unspecified atom stereocenters. The van der Waals surface area contributed by atoms with E-state index in [2.05, 4.69) is 0 Å². The molecule has 6 nitrogen and oxygen atoms in total. The fraction of sp³-hybridized carbons (Fsp3) is 0.333. The summed E-state index contributed by atoms with van der Waals surface area (Å²) in [6.45, 7) is 1.34. The number of amides is 2. The molecule has 0 radical (unpaired) electrons. The van der Waals surface area contributed by atoms with E-state index in [4.69, 9.17) is 9.47 Å². The van der Waals surface area contributed by atoms with Gasteiger partial charge in [0, 0.05) is 19.0 Å². The van der Waals surface area contributed by atoms with E-state index in [1.54, 1.807) is 9.80 Å². The molecule has 2 aromatic rings. The first-order chi connectivity index (χ1) is 13.2. The van der Waals surface area contributed by atoms with Crippen molar-refractivity contribution in [3.63, 3.8) is 0 Å². The average molecular weight is 366 g/mol. The van der Waals surface area contributed by atoms with Crippen molar-refractivity contribution in [2.24, 2.45) is 0 Å². The van der Waals surface area contributed by atoms with Crippen molar-refractivity contribution in [2.75, 3.05) is 25.1 Å². The lowest BCUT2D eigenvalue weighted by atomic mass is 9.89. The van der Waals surface area contributed by atoms with Gasteiger partial charge in [-0.05, 0) is 23.6 Å². The number of hydrogen-bond acceptors (Lipinski definition) is 4. The predicted octanol–water partition coefficient (Wildman–Crippen LogP) is 3.77. The molecule has 1 fully saturated rings. The van der Waals surface area contributed by atoms with Crippen LogP contribution >= 0.6 is 0 Å². The number of piperidine rings is 1. The van der Waals surface area contributed by atoms with Gasteiger partial charge in [-0.1, -0.05) is 48.5 Å². The first-order valence-electron chi connectivity index (χ1n) is 9.10. The molecule has 2 amide bonds. The number of carbonyl (C=O) groups excluding carboxylic acids is 2. The van der Waals surface area contributed by atoms with Gasteiger partial charge in [-0.15, -0.1) is 0 Å². The van der Waals surface area contributed by atoms with Gasteiger partial charge in [0.15, 0.2) is 0 Å². The lowest BCUT2D eigenvalue weighted by Gasteiger charge is -2.37. The molecular weight excluding hydrogens is 344 g/mol. The van der Waals surface area contributed by atoms with Gasteiger partial charge >= 0.3 is 12.2 Å². The predicted molar refractivity (Wildman–Crippen MR) is 101 cm³/mol. The quantitative estimate of drug-likeness (QED) is 0.812. The second-order valence-corrected chi connectivity index (χ2v) is 6.85. The minimum absolute atomic E-state index is 0.00743. The van der Waals surface area contributed by atoms with Crippen LogP contribution in [0.5, 0.6) is 0 Å². The van der Waals surface area contributed by atoms with Crippen molar-refractivity contribution in [2.45, 2.75) is 25.0 Å². The lowest BCUT2D eigenvalue weighted by Crippen LogP contribution is -2.49. The highest BCUT2D eigenvalue weighted by molar-refractivity contribution is 5.92. The zero-order valence-electron chi connectivity index (χ0n) is 15.2. The van der Waals surface area contributed by atoms with E-state index in [1.807, 2.05) is 54.6 Å². The minimum atomic E-state index is -0.352. The van der Waals surface area contributed by atoms with Crippen molar-refractivity contribution in [1.29, 1.82) is 0 Å². The number of hydrogen-bond donors (Lipinski definition) is 0. The van der Waals surface area contributed by atoms with Gasteiger partial charge in [-0.3, -0.25) is 4.90 Å². The zero-order chi connectivity index (χ0) is 18.8. The standard InChI is InChI=1S/C21H22N2O4/c1-26-21(25)23-18-10-6-5-9-16(18)17-13-22(12-11-19(17)23)20(24)27-14-15-7-3-2-4-8-15/h2-10,17,19H,11-14H2,1H3/t17-,19+/m1/s1. The minimum Gasteiger partial charge on any atom is -0.452 e. The Morgan fingerprint density at radius 2 is 1.78 bits per heavy atom. The van der Waals surface area contributed by atoms with E-state index in [1.165, 1.54) is 7.11 Å². The van der Waals surface area contributed by atoms with Crippen LogP contribution in [0.4, 0.5) is 15.3 Å². The summed E-state index contributed by atoms with van der Waals surface area (Å²) in [5.41, 5.74) is 2.91. The smallest absolute Gasteiger partial charge is 0.414 e. The first kappa shape index (κ1) is 17.4. The number of fused-ring (bicyclic) bond motifs is 3. The molecular formula is C21H22N2O4. The number of para-hydroxylation sites is 1. The van der Waals surface area contributed by atoms with Crippen LogP contribution in [-0.2, 0) is 16.1 Å². The van der Waals surface area contributed by atoms with Crippen molar-refractivity contribution >= 4 is 17.9 Å². The Labute approximate surface area is 158 Å². The van der Waals surface area contributed by atoms with E-state index < -0.39 is 0 Å². The maximum atomic E-state index is 12.5. The molecule has 0 bridgehead atoms. The number of benzene rings is 2. The third-order valence-electron chi connectivity index (χ3n) is 5.34. The van der Waals surface area contributed by atoms with E-state index in [0.717, 1.165) is 16.8 Å². The lowest BCUT2D eigenvalue weighted by molar-refractivity contribution is 0.0834. The molecule has 0 spiro atoms. The van der Waals surface area contributed by atoms with Crippen molar-refractivity contribution in [1.82, 2.24) is 4.90 Å². The normalized spacial score (nSPS) is 20.6. The average Bonchev–Trinajstić information content (AvgIpc) is 3.06. The van der Waals surface area contributed by atoms with Crippen LogP contribution < -0.4 is 4.90 Å². The van der Waals surface area contributed by atoms with Gasteiger partial charge in [-0.2, -0.15) is 0 Å². The topological polar surface area (TPSA) is 59.1 Å². The molecule has 2 aromatic carbocycles. The molecule has 2 heterocycles. The van der Waals surface area contributed by atoms with E-state index >= 15 is 0 Å². The number of nitrogens with zero attached hydrogens (tertiary/aromatic N) is 2. The van der Waals surface area contributed by atoms with Crippen LogP contribution in [0.3, 0.4) is 0 Å². The number of rotatable bonds is 2. The second kappa shape index (κ2) is 7.31. The number of carbonyl (C=O) groups is 2. The van der Waals surface area contributed by atoms with E-state index in [-0.39, 0.29) is 30.8 Å². The number of ether oxygens (including phenoxy) is 2. The molecule has 27 heavy (non-hydrogen) atoms. The number of methoxy groups -OCH3 is 1. The third-order valence-corrected chi connectivity index (χ3v) is 5.34. The summed E-state index contributed by atoms with van der Waals surface area (Å²) in [5.74, 6) is 0.0679. The fourth-order valence-corrected chi connectivity index (χ4v) is 4.06. The number of anilines is 1. The maximum absolute atomic E-state index is 12.5. The summed E-state index contributed by atoms with van der Waals surface area (Å²) in [5, 5.41) is 0. The Bertz CT molecular complexity index is 839. The third kappa shape index (κ3) is 3.23. The molecule has 0 N–H and O–H groups in total. The molecule has 2 atom stereocenters. The molecule has 0 aromatic heterocycles. The molecule has 2 aliphatic heterocycles. The maximum Gasteiger partial charge on any atom is 0.414 e. The van der Waals surface area contributed by atoms with Crippen LogP contribution in [0.25, 0.3) is 0 Å². The Kier molecular flexibility index (Phi) is 4.71. The molecule has 0 aliphatic carbocycles. The highest BCUT2D eigenvalue weighted by Crippen LogP contribution is 2.44. The Balaban J connectivity index is 1.48. The first-order valence-corrected chi connectivity index (χ1v) is 9.10. The zero-order valence-corrected chi connectivity index (χ0v) is 15.2. The summed E-state index contributed by atoms with van der Waals surface area (Å²) >= 11 is 0. The Hall–Kier alpha value is -3.02. The molecule has 1 saturated heterocycles. The van der Waals surface area contributed by atoms with Crippen LogP contribution in [0.2, 0.25) is 0 Å². The SMILES string of the molecule is COC(=O)N1c2ccccc2[C@H]2CN(C(=O)OCc3ccccc3)CC[C@@H]21. The van der Waals surface area contributed by atoms with Gasteiger partial charge in [0.1, 0.15) is 6.61 Å². The monoisotopic (exact) mass is 366 g/mol. The van der Waals surface area contributed by atoms with E-state index in [9.17, 15) is 9.59 Å². The largest absolute Gasteiger partial charge is 0.452 e. The molecule has 4 rings (SSSR count). The highest BCUT2D eigenvalue weighted by Gasteiger charge is 2.45. The van der Waals surface area contributed by atoms with Crippen LogP contribution in [0.1, 0.15) is 23.5 Å². The van der Waals surface area contributed by atoms with E-state index in [0.29, 0.717) is 19.5 Å². The van der Waals surface area contributed by atoms with Gasteiger partial charge in [-0.25, -0.2) is 9.59 Å². The summed E-state index contributed by atoms with van der Waals surface area (Å²) in [6.07, 6.45) is 0.0240. The summed E-state index contributed by atoms with van der Waals surface area (Å²) in [6, 6.07) is 17.5. The van der Waals surface area contributed by atoms with Crippen molar-refractivity contribution < 1.29 is 19.1 Å². The fourth-order valence-electron chi connectivity index (χ4n) is 4.06. The molecule has 140 valence electrons. The van der Waals surface area contributed by atoms with Crippen molar-refractivity contribution in [3.05, 3.63) is 65.7 Å². The second-order valence-electron chi connectivity index (χ2n) is 6.85. The van der Waals surface area contributed by atoms with Gasteiger partial charge < -0.3 is 14.4 Å². The molecule has 2 aliphatic rings. The number of likely N-dealkylation sites (tertiary alicyclic amines) is 1.